The van der Waals surface area contributed by atoms with Crippen molar-refractivity contribution in [3.63, 3.8) is 0 Å². The van der Waals surface area contributed by atoms with Gasteiger partial charge in [0.1, 0.15) is 0 Å². The van der Waals surface area contributed by atoms with Crippen molar-refractivity contribution in [3.8, 4) is 11.3 Å². The second kappa shape index (κ2) is 7.86. The SMILES string of the molecule is Cc1ccc(NS(=O)(=O)c2ccc(N3CCS3(=O)=O)cc2)cc1-c1ccc2ccccc2n1. The van der Waals surface area contributed by atoms with Crippen LogP contribution in [0.1, 0.15) is 5.56 Å². The van der Waals surface area contributed by atoms with Gasteiger partial charge in [-0.15, -0.1) is 0 Å². The monoisotopic (exact) mass is 479 g/mol. The molecule has 0 radical (unpaired) electrons. The molecule has 3 aromatic carbocycles. The van der Waals surface area contributed by atoms with Crippen LogP contribution in [-0.2, 0) is 20.0 Å². The van der Waals surface area contributed by atoms with Gasteiger partial charge in [-0.1, -0.05) is 30.3 Å². The Morgan fingerprint density at radius 2 is 1.70 bits per heavy atom. The molecular weight excluding hydrogens is 458 g/mol. The van der Waals surface area contributed by atoms with E-state index in [-0.39, 0.29) is 10.6 Å². The lowest BCUT2D eigenvalue weighted by Gasteiger charge is -2.32. The zero-order valence-corrected chi connectivity index (χ0v) is 19.4. The smallest absolute Gasteiger partial charge is 0.261 e. The number of anilines is 2. The third-order valence-electron chi connectivity index (χ3n) is 5.69. The fourth-order valence-electron chi connectivity index (χ4n) is 3.80. The van der Waals surface area contributed by atoms with Gasteiger partial charge in [-0.3, -0.25) is 9.03 Å². The number of hydrogen-bond acceptors (Lipinski definition) is 5. The maximum Gasteiger partial charge on any atom is 0.261 e. The Labute approximate surface area is 192 Å². The third kappa shape index (κ3) is 4.05. The number of benzene rings is 3. The summed E-state index contributed by atoms with van der Waals surface area (Å²) >= 11 is 0. The van der Waals surface area contributed by atoms with Crippen LogP contribution in [0.15, 0.2) is 83.8 Å². The van der Waals surface area contributed by atoms with Crippen molar-refractivity contribution < 1.29 is 16.8 Å². The van der Waals surface area contributed by atoms with Crippen molar-refractivity contribution in [2.75, 3.05) is 21.3 Å². The molecule has 1 fully saturated rings. The lowest BCUT2D eigenvalue weighted by atomic mass is 10.0. The van der Waals surface area contributed by atoms with E-state index in [2.05, 4.69) is 4.72 Å². The molecule has 0 unspecified atom stereocenters. The van der Waals surface area contributed by atoms with Crippen molar-refractivity contribution in [1.29, 1.82) is 0 Å². The van der Waals surface area contributed by atoms with E-state index in [1.165, 1.54) is 28.6 Å². The molecule has 7 nitrogen and oxygen atoms in total. The van der Waals surface area contributed by atoms with E-state index in [0.29, 0.717) is 17.9 Å². The zero-order valence-electron chi connectivity index (χ0n) is 17.8. The molecule has 0 bridgehead atoms. The van der Waals surface area contributed by atoms with Gasteiger partial charge in [0, 0.05) is 23.2 Å². The van der Waals surface area contributed by atoms with E-state index in [9.17, 15) is 16.8 Å². The predicted octanol–water partition coefficient (Wildman–Crippen LogP) is 4.16. The van der Waals surface area contributed by atoms with Gasteiger partial charge in [0.2, 0.25) is 10.0 Å². The van der Waals surface area contributed by atoms with Gasteiger partial charge >= 0.3 is 0 Å². The number of hydrogen-bond donors (Lipinski definition) is 1. The summed E-state index contributed by atoms with van der Waals surface area (Å²) in [7, 11) is -7.12. The highest BCUT2D eigenvalue weighted by Crippen LogP contribution is 2.29. The average Bonchev–Trinajstić information content (AvgIpc) is 2.79. The molecule has 1 saturated heterocycles. The maximum absolute atomic E-state index is 12.9. The minimum absolute atomic E-state index is 0.0510. The van der Waals surface area contributed by atoms with Crippen LogP contribution in [0.2, 0.25) is 0 Å². The predicted molar refractivity (Wildman–Crippen MR) is 130 cm³/mol. The Kier molecular flexibility index (Phi) is 5.10. The van der Waals surface area contributed by atoms with Crippen LogP contribution in [0.3, 0.4) is 0 Å². The molecular formula is C24H21N3O4S2. The van der Waals surface area contributed by atoms with Gasteiger partial charge in [0.15, 0.2) is 0 Å². The van der Waals surface area contributed by atoms with Crippen LogP contribution in [0.4, 0.5) is 11.4 Å². The summed E-state index contributed by atoms with van der Waals surface area (Å²) in [6.07, 6.45) is 0. The Morgan fingerprint density at radius 1 is 0.939 bits per heavy atom. The number of aromatic nitrogens is 1. The van der Waals surface area contributed by atoms with E-state index >= 15 is 0 Å². The molecule has 0 amide bonds. The summed E-state index contributed by atoms with van der Waals surface area (Å²) in [5.41, 5.74) is 4.30. The molecule has 1 N–H and O–H groups in total. The summed E-state index contributed by atoms with van der Waals surface area (Å²) in [5.74, 6) is 0.108. The standard InChI is InChI=1S/C24H21N3O4S2/c1-17-6-8-19(16-22(17)24-13-7-18-4-2-3-5-23(18)25-24)26-33(30,31)21-11-9-20(10-12-21)27-14-15-32(27,28)29/h2-13,16,26H,14-15H2,1H3. The molecule has 1 aliphatic heterocycles. The van der Waals surface area contributed by atoms with Gasteiger partial charge in [0.05, 0.1) is 27.5 Å². The first-order chi connectivity index (χ1) is 15.7. The van der Waals surface area contributed by atoms with Crippen LogP contribution in [0.25, 0.3) is 22.2 Å². The highest BCUT2D eigenvalue weighted by molar-refractivity contribution is 7.94. The van der Waals surface area contributed by atoms with Crippen molar-refractivity contribution in [1.82, 2.24) is 4.98 Å². The molecule has 0 atom stereocenters. The van der Waals surface area contributed by atoms with Gasteiger partial charge in [-0.25, -0.2) is 21.8 Å². The molecule has 2 heterocycles. The van der Waals surface area contributed by atoms with Gasteiger partial charge in [-0.05, 0) is 61.0 Å². The molecule has 4 aromatic rings. The van der Waals surface area contributed by atoms with E-state index in [1.807, 2.05) is 49.4 Å². The Balaban J connectivity index is 1.43. The van der Waals surface area contributed by atoms with Gasteiger partial charge < -0.3 is 0 Å². The van der Waals surface area contributed by atoms with Gasteiger partial charge in [-0.2, -0.15) is 0 Å². The van der Waals surface area contributed by atoms with Crippen LogP contribution >= 0.6 is 0 Å². The van der Waals surface area contributed by atoms with Crippen molar-refractivity contribution in [2.24, 2.45) is 0 Å². The fraction of sp³-hybridized carbons (Fsp3) is 0.125. The van der Waals surface area contributed by atoms with E-state index in [1.54, 1.807) is 12.1 Å². The summed E-state index contributed by atoms with van der Waals surface area (Å²) in [6, 6.07) is 22.9. The second-order valence-corrected chi connectivity index (χ2v) is 11.6. The normalized spacial score (nSPS) is 15.2. The maximum atomic E-state index is 12.9. The van der Waals surface area contributed by atoms with Crippen molar-refractivity contribution in [2.45, 2.75) is 11.8 Å². The lowest BCUT2D eigenvalue weighted by Crippen LogP contribution is -2.47. The van der Waals surface area contributed by atoms with Crippen molar-refractivity contribution in [3.05, 3.63) is 84.4 Å². The number of fused-ring (bicyclic) bond motifs is 1. The minimum Gasteiger partial charge on any atom is -0.280 e. The minimum atomic E-state index is -3.86. The average molecular weight is 480 g/mol. The largest absolute Gasteiger partial charge is 0.280 e. The molecule has 5 rings (SSSR count). The highest BCUT2D eigenvalue weighted by atomic mass is 32.2. The number of nitrogens with one attached hydrogen (secondary N) is 1. The summed E-state index contributed by atoms with van der Waals surface area (Å²) in [4.78, 5) is 4.77. The first-order valence-corrected chi connectivity index (χ1v) is 13.4. The molecule has 1 aromatic heterocycles. The Morgan fingerprint density at radius 3 is 2.39 bits per heavy atom. The Hall–Kier alpha value is -3.43. The number of nitrogens with zero attached hydrogens (tertiary/aromatic N) is 2. The molecule has 1 aliphatic rings. The number of aryl methyl sites for hydroxylation is 1. The van der Waals surface area contributed by atoms with E-state index in [0.717, 1.165) is 27.7 Å². The molecule has 0 aliphatic carbocycles. The molecule has 33 heavy (non-hydrogen) atoms. The number of rotatable bonds is 5. The summed E-state index contributed by atoms with van der Waals surface area (Å²) < 4.78 is 53.3. The number of para-hydroxylation sites is 1. The molecule has 0 spiro atoms. The van der Waals surface area contributed by atoms with Crippen LogP contribution in [0.5, 0.6) is 0 Å². The third-order valence-corrected chi connectivity index (χ3v) is 8.85. The Bertz CT molecular complexity index is 1580. The first-order valence-electron chi connectivity index (χ1n) is 10.3. The zero-order chi connectivity index (χ0) is 23.2. The molecule has 168 valence electrons. The number of pyridine rings is 1. The van der Waals surface area contributed by atoms with E-state index in [4.69, 9.17) is 4.98 Å². The van der Waals surface area contributed by atoms with Crippen LogP contribution in [0, 0.1) is 6.92 Å². The summed E-state index contributed by atoms with van der Waals surface area (Å²) in [6.45, 7) is 2.36. The van der Waals surface area contributed by atoms with Gasteiger partial charge in [0.25, 0.3) is 10.0 Å². The molecule has 9 heteroatoms. The first kappa shape index (κ1) is 21.4. The summed E-state index contributed by atoms with van der Waals surface area (Å²) in [5, 5.41) is 1.03. The second-order valence-electron chi connectivity index (χ2n) is 7.91. The van der Waals surface area contributed by atoms with Crippen molar-refractivity contribution >= 4 is 42.3 Å². The topological polar surface area (TPSA) is 96.4 Å². The van der Waals surface area contributed by atoms with Crippen LogP contribution in [-0.4, -0.2) is 34.1 Å². The highest BCUT2D eigenvalue weighted by Gasteiger charge is 2.32. The quantitative estimate of drug-likeness (QED) is 0.464. The molecule has 0 saturated carbocycles. The van der Waals surface area contributed by atoms with E-state index < -0.39 is 20.0 Å². The lowest BCUT2D eigenvalue weighted by molar-refractivity contribution is 0.578. The number of sulfonamides is 2. The van der Waals surface area contributed by atoms with Crippen LogP contribution < -0.4 is 9.03 Å². The fourth-order valence-corrected chi connectivity index (χ4v) is 5.96.